The summed E-state index contributed by atoms with van der Waals surface area (Å²) in [4.78, 5) is 19.1. The van der Waals surface area contributed by atoms with Gasteiger partial charge in [0.25, 0.3) is 0 Å². The van der Waals surface area contributed by atoms with Gasteiger partial charge >= 0.3 is 0 Å². The Bertz CT molecular complexity index is 971. The maximum Gasteiger partial charge on any atom is 0.249 e. The summed E-state index contributed by atoms with van der Waals surface area (Å²) in [5, 5.41) is 4.08. The van der Waals surface area contributed by atoms with Gasteiger partial charge in [0, 0.05) is 6.54 Å². The molecule has 144 valence electrons. The van der Waals surface area contributed by atoms with E-state index in [4.69, 9.17) is 9.26 Å². The molecule has 0 spiro atoms. The maximum absolute atomic E-state index is 13.1. The van der Waals surface area contributed by atoms with Gasteiger partial charge in [-0.3, -0.25) is 4.79 Å². The first-order valence-corrected chi connectivity index (χ1v) is 9.16. The quantitative estimate of drug-likeness (QED) is 0.673. The van der Waals surface area contributed by atoms with Gasteiger partial charge in [-0.1, -0.05) is 29.4 Å². The highest BCUT2D eigenvalue weighted by molar-refractivity contribution is 5.79. The fraction of sp³-hybridized carbons (Fsp3) is 0.286. The van der Waals surface area contributed by atoms with E-state index in [1.165, 1.54) is 12.1 Å². The van der Waals surface area contributed by atoms with E-state index in [-0.39, 0.29) is 24.2 Å². The topological polar surface area (TPSA) is 68.5 Å². The Morgan fingerprint density at radius 2 is 2.04 bits per heavy atom. The number of nitrogens with zero attached hydrogens (tertiary/aromatic N) is 3. The molecule has 1 amide bonds. The summed E-state index contributed by atoms with van der Waals surface area (Å²) in [5.74, 6) is 1.16. The van der Waals surface area contributed by atoms with E-state index in [0.29, 0.717) is 24.0 Å². The summed E-state index contributed by atoms with van der Waals surface area (Å²) in [6.07, 6.45) is 1.85. The number of benzene rings is 2. The fourth-order valence-corrected chi connectivity index (χ4v) is 3.51. The highest BCUT2D eigenvalue weighted by Gasteiger charge is 2.34. The summed E-state index contributed by atoms with van der Waals surface area (Å²) < 4.78 is 23.9. The molecule has 1 saturated heterocycles. The number of para-hydroxylation sites is 1. The minimum atomic E-state index is -0.315. The number of ether oxygens (including phenoxy) is 1. The molecule has 2 aromatic carbocycles. The molecule has 4 rings (SSSR count). The molecule has 0 saturated carbocycles. The number of hydrogen-bond acceptors (Lipinski definition) is 5. The molecule has 3 aromatic rings. The predicted molar refractivity (Wildman–Crippen MR) is 100 cm³/mol. The molecule has 0 unspecified atom stereocenters. The van der Waals surface area contributed by atoms with Crippen LogP contribution in [0.25, 0.3) is 11.4 Å². The van der Waals surface area contributed by atoms with E-state index < -0.39 is 0 Å². The number of aromatic nitrogens is 2. The second kappa shape index (κ2) is 7.80. The van der Waals surface area contributed by atoms with Gasteiger partial charge in [0.1, 0.15) is 17.6 Å². The Morgan fingerprint density at radius 3 is 2.82 bits per heavy atom. The molecule has 7 heteroatoms. The first-order chi connectivity index (χ1) is 13.7. The van der Waals surface area contributed by atoms with Crippen LogP contribution in [0.4, 0.5) is 4.39 Å². The molecular weight excluding hydrogens is 361 g/mol. The van der Waals surface area contributed by atoms with Gasteiger partial charge in [-0.25, -0.2) is 4.39 Å². The number of rotatable bonds is 5. The van der Waals surface area contributed by atoms with Gasteiger partial charge in [0.2, 0.25) is 17.6 Å². The Hall–Kier alpha value is -3.22. The van der Waals surface area contributed by atoms with Crippen molar-refractivity contribution in [3.8, 4) is 17.1 Å². The van der Waals surface area contributed by atoms with Gasteiger partial charge in [-0.15, -0.1) is 0 Å². The summed E-state index contributed by atoms with van der Waals surface area (Å²) in [6, 6.07) is 13.2. The largest absolute Gasteiger partial charge is 0.496 e. The van der Waals surface area contributed by atoms with Crippen molar-refractivity contribution < 1.29 is 18.4 Å². The van der Waals surface area contributed by atoms with E-state index in [2.05, 4.69) is 10.1 Å². The molecule has 1 aliphatic rings. The van der Waals surface area contributed by atoms with Crippen LogP contribution in [0.5, 0.6) is 5.75 Å². The molecule has 0 N–H and O–H groups in total. The van der Waals surface area contributed by atoms with E-state index in [1.807, 2.05) is 24.3 Å². The molecule has 28 heavy (non-hydrogen) atoms. The third kappa shape index (κ3) is 3.60. The zero-order chi connectivity index (χ0) is 19.5. The van der Waals surface area contributed by atoms with Gasteiger partial charge in [-0.2, -0.15) is 4.98 Å². The molecule has 2 heterocycles. The third-order valence-electron chi connectivity index (χ3n) is 4.92. The summed E-state index contributed by atoms with van der Waals surface area (Å²) in [6.45, 7) is 0.636. The average molecular weight is 381 g/mol. The number of halogens is 1. The first-order valence-electron chi connectivity index (χ1n) is 9.16. The zero-order valence-corrected chi connectivity index (χ0v) is 15.5. The van der Waals surface area contributed by atoms with Crippen molar-refractivity contribution in [1.82, 2.24) is 15.0 Å². The molecule has 0 radical (unpaired) electrons. The number of carbonyl (C=O) groups excluding carboxylic acids is 1. The van der Waals surface area contributed by atoms with Crippen molar-refractivity contribution in [1.29, 1.82) is 0 Å². The number of carbonyl (C=O) groups is 1. The molecule has 0 bridgehead atoms. The lowest BCUT2D eigenvalue weighted by molar-refractivity contribution is -0.131. The molecule has 1 fully saturated rings. The number of amides is 1. The summed E-state index contributed by atoms with van der Waals surface area (Å²) >= 11 is 0. The van der Waals surface area contributed by atoms with Crippen molar-refractivity contribution >= 4 is 5.91 Å². The standard InChI is InChI=1S/C21H20FN3O3/c1-27-18-7-3-2-5-16(18)20-23-21(28-24-20)17-6-4-12-25(17)19(26)13-14-8-10-15(22)11-9-14/h2-3,5,7-11,17H,4,6,12-13H2,1H3/t17-/m1/s1. The Balaban J connectivity index is 1.53. The maximum atomic E-state index is 13.1. The van der Waals surface area contributed by atoms with Crippen molar-refractivity contribution in [2.24, 2.45) is 0 Å². The van der Waals surface area contributed by atoms with Gasteiger partial charge < -0.3 is 14.2 Å². The van der Waals surface area contributed by atoms with Gasteiger partial charge in [0.15, 0.2) is 0 Å². The first kappa shape index (κ1) is 18.2. The van der Waals surface area contributed by atoms with Crippen LogP contribution in [0.3, 0.4) is 0 Å². The Kier molecular flexibility index (Phi) is 5.06. The third-order valence-corrected chi connectivity index (χ3v) is 4.92. The molecule has 1 atom stereocenters. The van der Waals surface area contributed by atoms with E-state index in [0.717, 1.165) is 24.0 Å². The molecule has 6 nitrogen and oxygen atoms in total. The lowest BCUT2D eigenvalue weighted by Gasteiger charge is -2.21. The van der Waals surface area contributed by atoms with Crippen molar-refractivity contribution in [2.45, 2.75) is 25.3 Å². The van der Waals surface area contributed by atoms with Gasteiger partial charge in [0.05, 0.1) is 19.1 Å². The van der Waals surface area contributed by atoms with Crippen LogP contribution in [-0.4, -0.2) is 34.6 Å². The summed E-state index contributed by atoms with van der Waals surface area (Å²) in [7, 11) is 1.59. The Labute approximate surface area is 161 Å². The normalized spacial score (nSPS) is 16.4. The highest BCUT2D eigenvalue weighted by atomic mass is 19.1. The lowest BCUT2D eigenvalue weighted by Crippen LogP contribution is -2.32. The second-order valence-corrected chi connectivity index (χ2v) is 6.70. The van der Waals surface area contributed by atoms with Crippen molar-refractivity contribution in [3.63, 3.8) is 0 Å². The van der Waals surface area contributed by atoms with E-state index in [9.17, 15) is 9.18 Å². The summed E-state index contributed by atoms with van der Waals surface area (Å²) in [5.41, 5.74) is 1.51. The van der Waals surface area contributed by atoms with Crippen LogP contribution in [0.15, 0.2) is 53.1 Å². The van der Waals surface area contributed by atoms with Crippen LogP contribution in [0.1, 0.15) is 30.3 Å². The lowest BCUT2D eigenvalue weighted by atomic mass is 10.1. The van der Waals surface area contributed by atoms with Crippen LogP contribution in [0, 0.1) is 5.82 Å². The van der Waals surface area contributed by atoms with E-state index in [1.54, 1.807) is 24.1 Å². The highest BCUT2D eigenvalue weighted by Crippen LogP contribution is 2.34. The van der Waals surface area contributed by atoms with E-state index >= 15 is 0 Å². The second-order valence-electron chi connectivity index (χ2n) is 6.70. The minimum Gasteiger partial charge on any atom is -0.496 e. The van der Waals surface area contributed by atoms with Crippen molar-refractivity contribution in [2.75, 3.05) is 13.7 Å². The molecule has 0 aliphatic carbocycles. The van der Waals surface area contributed by atoms with Crippen LogP contribution in [0.2, 0.25) is 0 Å². The smallest absolute Gasteiger partial charge is 0.249 e. The fourth-order valence-electron chi connectivity index (χ4n) is 3.51. The van der Waals surface area contributed by atoms with Crippen molar-refractivity contribution in [3.05, 3.63) is 65.8 Å². The van der Waals surface area contributed by atoms with Crippen LogP contribution < -0.4 is 4.74 Å². The number of likely N-dealkylation sites (tertiary alicyclic amines) is 1. The molecule has 1 aliphatic heterocycles. The molecule has 1 aromatic heterocycles. The zero-order valence-electron chi connectivity index (χ0n) is 15.5. The predicted octanol–water partition coefficient (Wildman–Crippen LogP) is 3.79. The molecular formula is C21H20FN3O3. The SMILES string of the molecule is COc1ccccc1-c1noc([C@H]2CCCN2C(=O)Cc2ccc(F)cc2)n1. The van der Waals surface area contributed by atoms with Crippen LogP contribution >= 0.6 is 0 Å². The van der Waals surface area contributed by atoms with Crippen LogP contribution in [-0.2, 0) is 11.2 Å². The number of methoxy groups -OCH3 is 1. The van der Waals surface area contributed by atoms with Gasteiger partial charge in [-0.05, 0) is 42.7 Å². The number of hydrogen-bond donors (Lipinski definition) is 0. The Morgan fingerprint density at radius 1 is 1.25 bits per heavy atom. The average Bonchev–Trinajstić information content (AvgIpc) is 3.39. The monoisotopic (exact) mass is 381 g/mol. The minimum absolute atomic E-state index is 0.0360.